The summed E-state index contributed by atoms with van der Waals surface area (Å²) >= 11 is 0. The summed E-state index contributed by atoms with van der Waals surface area (Å²) in [5, 5.41) is 12.3. The second kappa shape index (κ2) is 6.92. The summed E-state index contributed by atoms with van der Waals surface area (Å²) in [6, 6.07) is 4.10. The fourth-order valence-electron chi connectivity index (χ4n) is 3.48. The van der Waals surface area contributed by atoms with Crippen molar-refractivity contribution in [3.8, 4) is 17.2 Å². The molecular formula is C18H24N4O3. The van der Waals surface area contributed by atoms with Crippen LogP contribution < -0.4 is 19.5 Å². The van der Waals surface area contributed by atoms with E-state index >= 15 is 0 Å². The summed E-state index contributed by atoms with van der Waals surface area (Å²) in [6.45, 7) is 4.08. The summed E-state index contributed by atoms with van der Waals surface area (Å²) in [4.78, 5) is 0. The number of aryl methyl sites for hydroxylation is 1. The highest BCUT2D eigenvalue weighted by Gasteiger charge is 2.22. The number of hydrogen-bond donors (Lipinski definition) is 1. The third-order valence-corrected chi connectivity index (χ3v) is 4.86. The van der Waals surface area contributed by atoms with Crippen LogP contribution in [0.1, 0.15) is 49.4 Å². The molecule has 0 aliphatic carbocycles. The molecule has 0 spiro atoms. The van der Waals surface area contributed by atoms with E-state index in [0.29, 0.717) is 18.0 Å². The number of ether oxygens (including phenoxy) is 3. The van der Waals surface area contributed by atoms with Crippen molar-refractivity contribution in [2.45, 2.75) is 51.7 Å². The fraction of sp³-hybridized carbons (Fsp3) is 0.556. The van der Waals surface area contributed by atoms with Crippen LogP contribution in [0, 0.1) is 0 Å². The third kappa shape index (κ3) is 3.16. The molecule has 134 valence electrons. The van der Waals surface area contributed by atoms with Gasteiger partial charge < -0.3 is 24.1 Å². The van der Waals surface area contributed by atoms with Crippen molar-refractivity contribution in [3.05, 3.63) is 29.3 Å². The molecule has 0 saturated carbocycles. The molecule has 2 aliphatic rings. The number of nitrogens with zero attached hydrogens (tertiary/aromatic N) is 3. The van der Waals surface area contributed by atoms with Crippen LogP contribution in [0.5, 0.6) is 17.2 Å². The maximum Gasteiger partial charge on any atom is 0.231 e. The van der Waals surface area contributed by atoms with E-state index in [0.717, 1.165) is 35.9 Å². The van der Waals surface area contributed by atoms with Gasteiger partial charge in [-0.25, -0.2) is 0 Å². The van der Waals surface area contributed by atoms with Crippen molar-refractivity contribution in [1.29, 1.82) is 0 Å². The van der Waals surface area contributed by atoms with Crippen molar-refractivity contribution in [1.82, 2.24) is 20.1 Å². The maximum atomic E-state index is 5.49. The van der Waals surface area contributed by atoms with Crippen LogP contribution in [0.15, 0.2) is 12.1 Å². The maximum absolute atomic E-state index is 5.49. The van der Waals surface area contributed by atoms with Crippen molar-refractivity contribution in [2.24, 2.45) is 0 Å². The van der Waals surface area contributed by atoms with Gasteiger partial charge in [-0.05, 0) is 37.5 Å². The summed E-state index contributed by atoms with van der Waals surface area (Å²) in [6.07, 6.45) is 4.70. The Morgan fingerprint density at radius 1 is 1.24 bits per heavy atom. The van der Waals surface area contributed by atoms with Gasteiger partial charge in [0.1, 0.15) is 11.6 Å². The molecule has 4 rings (SSSR count). The molecule has 0 fully saturated rings. The van der Waals surface area contributed by atoms with Gasteiger partial charge >= 0.3 is 0 Å². The molecule has 1 N–H and O–H groups in total. The van der Waals surface area contributed by atoms with Crippen molar-refractivity contribution in [2.75, 3.05) is 13.9 Å². The zero-order chi connectivity index (χ0) is 17.2. The Bertz CT molecular complexity index is 759. The summed E-state index contributed by atoms with van der Waals surface area (Å²) in [7, 11) is 1.64. The van der Waals surface area contributed by atoms with Gasteiger partial charge in [-0.2, -0.15) is 0 Å². The molecule has 1 aromatic heterocycles. The van der Waals surface area contributed by atoms with Gasteiger partial charge in [-0.3, -0.25) is 0 Å². The molecular weight excluding hydrogens is 320 g/mol. The van der Waals surface area contributed by atoms with E-state index in [-0.39, 0.29) is 12.8 Å². The first-order valence-corrected chi connectivity index (χ1v) is 8.88. The number of methoxy groups -OCH3 is 1. The second-order valence-corrected chi connectivity index (χ2v) is 6.57. The van der Waals surface area contributed by atoms with E-state index in [1.54, 1.807) is 7.11 Å². The Balaban J connectivity index is 1.48. The largest absolute Gasteiger partial charge is 0.493 e. The van der Waals surface area contributed by atoms with Gasteiger partial charge in [-0.15, -0.1) is 10.2 Å². The molecule has 2 aliphatic heterocycles. The molecule has 0 radical (unpaired) electrons. The SMILES string of the molecule is COc1cc(CN[C@H](C)c2nnc3n2CCCCC3)cc2c1OCO2. The smallest absolute Gasteiger partial charge is 0.231 e. The molecule has 0 amide bonds. The Morgan fingerprint density at radius 3 is 3.04 bits per heavy atom. The quantitative estimate of drug-likeness (QED) is 0.899. The molecule has 7 nitrogen and oxygen atoms in total. The molecule has 2 aromatic rings. The zero-order valence-electron chi connectivity index (χ0n) is 14.7. The van der Waals surface area contributed by atoms with Crippen LogP contribution >= 0.6 is 0 Å². The van der Waals surface area contributed by atoms with Crippen LogP contribution in [-0.4, -0.2) is 28.7 Å². The van der Waals surface area contributed by atoms with Gasteiger partial charge in [0.25, 0.3) is 0 Å². The van der Waals surface area contributed by atoms with Gasteiger partial charge in [0.2, 0.25) is 12.5 Å². The molecule has 0 unspecified atom stereocenters. The van der Waals surface area contributed by atoms with E-state index in [4.69, 9.17) is 14.2 Å². The number of hydrogen-bond acceptors (Lipinski definition) is 6. The van der Waals surface area contributed by atoms with Crippen molar-refractivity contribution >= 4 is 0 Å². The van der Waals surface area contributed by atoms with E-state index in [9.17, 15) is 0 Å². The predicted octanol–water partition coefficient (Wildman–Crippen LogP) is 2.59. The molecule has 25 heavy (non-hydrogen) atoms. The lowest BCUT2D eigenvalue weighted by Gasteiger charge is -2.16. The first kappa shape index (κ1) is 16.2. The van der Waals surface area contributed by atoms with Crippen LogP contribution in [0.3, 0.4) is 0 Å². The topological polar surface area (TPSA) is 70.4 Å². The van der Waals surface area contributed by atoms with Gasteiger partial charge in [0.05, 0.1) is 13.2 Å². The molecule has 0 saturated heterocycles. The second-order valence-electron chi connectivity index (χ2n) is 6.57. The van der Waals surface area contributed by atoms with Crippen LogP contribution in [-0.2, 0) is 19.5 Å². The Hall–Kier alpha value is -2.28. The minimum Gasteiger partial charge on any atom is -0.493 e. The number of nitrogens with one attached hydrogen (secondary N) is 1. The first-order chi connectivity index (χ1) is 12.3. The molecule has 1 atom stereocenters. The Morgan fingerprint density at radius 2 is 2.16 bits per heavy atom. The number of benzene rings is 1. The molecule has 0 bridgehead atoms. The van der Waals surface area contributed by atoms with E-state index < -0.39 is 0 Å². The third-order valence-electron chi connectivity index (χ3n) is 4.86. The monoisotopic (exact) mass is 344 g/mol. The Labute approximate surface area is 147 Å². The standard InChI is InChI=1S/C18H24N4O3/c1-12(18-21-20-16-6-4-3-5-7-22(16)18)19-10-13-8-14(23-2)17-15(9-13)24-11-25-17/h8-9,12,19H,3-7,10-11H2,1-2H3/t12-/m1/s1. The number of aromatic nitrogens is 3. The highest BCUT2D eigenvalue weighted by molar-refractivity contribution is 5.55. The highest BCUT2D eigenvalue weighted by Crippen LogP contribution is 2.41. The van der Waals surface area contributed by atoms with Crippen molar-refractivity contribution < 1.29 is 14.2 Å². The highest BCUT2D eigenvalue weighted by atomic mass is 16.7. The van der Waals surface area contributed by atoms with Crippen LogP contribution in [0.4, 0.5) is 0 Å². The lowest BCUT2D eigenvalue weighted by atomic mass is 10.1. The fourth-order valence-corrected chi connectivity index (χ4v) is 3.48. The normalized spacial score (nSPS) is 17.0. The van der Waals surface area contributed by atoms with Crippen molar-refractivity contribution in [3.63, 3.8) is 0 Å². The van der Waals surface area contributed by atoms with E-state index in [1.165, 1.54) is 19.3 Å². The minimum absolute atomic E-state index is 0.121. The van der Waals surface area contributed by atoms with Crippen LogP contribution in [0.2, 0.25) is 0 Å². The van der Waals surface area contributed by atoms with Gasteiger partial charge in [-0.1, -0.05) is 6.42 Å². The lowest BCUT2D eigenvalue weighted by Crippen LogP contribution is -2.22. The molecule has 3 heterocycles. The van der Waals surface area contributed by atoms with E-state index in [1.807, 2.05) is 12.1 Å². The van der Waals surface area contributed by atoms with Gasteiger partial charge in [0.15, 0.2) is 11.5 Å². The average Bonchev–Trinajstić information content (AvgIpc) is 3.20. The van der Waals surface area contributed by atoms with E-state index in [2.05, 4.69) is 27.0 Å². The Kier molecular flexibility index (Phi) is 4.48. The molecule has 7 heteroatoms. The van der Waals surface area contributed by atoms with Crippen LogP contribution in [0.25, 0.3) is 0 Å². The average molecular weight is 344 g/mol. The number of rotatable bonds is 5. The number of fused-ring (bicyclic) bond motifs is 2. The minimum atomic E-state index is 0.121. The summed E-state index contributed by atoms with van der Waals surface area (Å²) in [5.41, 5.74) is 1.09. The summed E-state index contributed by atoms with van der Waals surface area (Å²) < 4.78 is 18.6. The summed E-state index contributed by atoms with van der Waals surface area (Å²) in [5.74, 6) is 4.26. The zero-order valence-corrected chi connectivity index (χ0v) is 14.7. The first-order valence-electron chi connectivity index (χ1n) is 8.88. The molecule has 1 aromatic carbocycles. The lowest BCUT2D eigenvalue weighted by molar-refractivity contribution is 0.171. The predicted molar refractivity (Wildman–Crippen MR) is 91.9 cm³/mol. The van der Waals surface area contributed by atoms with Gasteiger partial charge in [0, 0.05) is 19.5 Å².